The van der Waals surface area contributed by atoms with Crippen LogP contribution in [0, 0.1) is 6.92 Å². The molecule has 1 N–H and O–H groups in total. The van der Waals surface area contributed by atoms with Crippen LogP contribution < -0.4 is 9.47 Å². The Morgan fingerprint density at radius 3 is 1.93 bits per heavy atom. The van der Waals surface area contributed by atoms with E-state index in [9.17, 15) is 5.11 Å². The second-order valence-corrected chi connectivity index (χ2v) is 7.60. The SMILES string of the molecule is COC(C)(C)C(C)(C)O.COc1cc(C)ccc1OC(C)c1ccccc1. The molecular weight excluding hydrogens is 340 g/mol. The van der Waals surface area contributed by atoms with E-state index in [-0.39, 0.29) is 6.10 Å². The number of rotatable bonds is 6. The first-order chi connectivity index (χ1) is 12.5. The van der Waals surface area contributed by atoms with Gasteiger partial charge in [-0.2, -0.15) is 0 Å². The Kier molecular flexibility index (Phi) is 8.32. The Morgan fingerprint density at radius 2 is 1.48 bits per heavy atom. The van der Waals surface area contributed by atoms with Crippen LogP contribution in [-0.4, -0.2) is 30.5 Å². The van der Waals surface area contributed by atoms with Crippen molar-refractivity contribution in [1.82, 2.24) is 0 Å². The predicted molar refractivity (Wildman–Crippen MR) is 111 cm³/mol. The summed E-state index contributed by atoms with van der Waals surface area (Å²) in [4.78, 5) is 0. The van der Waals surface area contributed by atoms with Crippen molar-refractivity contribution in [3.05, 3.63) is 59.7 Å². The van der Waals surface area contributed by atoms with E-state index < -0.39 is 11.2 Å². The van der Waals surface area contributed by atoms with Gasteiger partial charge in [0.1, 0.15) is 6.10 Å². The molecule has 4 nitrogen and oxygen atoms in total. The van der Waals surface area contributed by atoms with Gasteiger partial charge in [-0.25, -0.2) is 0 Å². The smallest absolute Gasteiger partial charge is 0.162 e. The first kappa shape index (κ1) is 23.0. The van der Waals surface area contributed by atoms with Crippen LogP contribution in [0.3, 0.4) is 0 Å². The van der Waals surface area contributed by atoms with Gasteiger partial charge in [-0.15, -0.1) is 0 Å². The van der Waals surface area contributed by atoms with Crippen LogP contribution in [0.4, 0.5) is 0 Å². The first-order valence-electron chi connectivity index (χ1n) is 9.15. The monoisotopic (exact) mass is 374 g/mol. The molecule has 0 saturated heterocycles. The zero-order valence-electron chi connectivity index (χ0n) is 17.9. The van der Waals surface area contributed by atoms with Gasteiger partial charge in [-0.05, 0) is 64.8 Å². The highest BCUT2D eigenvalue weighted by Gasteiger charge is 2.34. The van der Waals surface area contributed by atoms with Crippen LogP contribution in [0.1, 0.15) is 51.8 Å². The lowest BCUT2D eigenvalue weighted by molar-refractivity contribution is -0.129. The Hall–Kier alpha value is -2.04. The summed E-state index contributed by atoms with van der Waals surface area (Å²) in [6.07, 6.45) is 0.00260. The van der Waals surface area contributed by atoms with Gasteiger partial charge in [0.2, 0.25) is 0 Å². The molecule has 0 aliphatic heterocycles. The minimum atomic E-state index is -0.776. The molecule has 2 aromatic rings. The number of ether oxygens (including phenoxy) is 3. The Labute approximate surface area is 164 Å². The minimum Gasteiger partial charge on any atom is -0.493 e. The molecular formula is C23H34O4. The van der Waals surface area contributed by atoms with Crippen LogP contribution in [0.5, 0.6) is 11.5 Å². The van der Waals surface area contributed by atoms with Gasteiger partial charge in [-0.1, -0.05) is 36.4 Å². The van der Waals surface area contributed by atoms with Crippen LogP contribution in [0.25, 0.3) is 0 Å². The van der Waals surface area contributed by atoms with Crippen LogP contribution in [-0.2, 0) is 4.74 Å². The Bertz CT molecular complexity index is 687. The zero-order chi connectivity index (χ0) is 20.7. The summed E-state index contributed by atoms with van der Waals surface area (Å²) >= 11 is 0. The maximum absolute atomic E-state index is 9.42. The van der Waals surface area contributed by atoms with Gasteiger partial charge in [-0.3, -0.25) is 0 Å². The van der Waals surface area contributed by atoms with Crippen molar-refractivity contribution in [2.75, 3.05) is 14.2 Å². The van der Waals surface area contributed by atoms with E-state index in [0.29, 0.717) is 0 Å². The highest BCUT2D eigenvalue weighted by molar-refractivity contribution is 5.43. The minimum absolute atomic E-state index is 0.00260. The van der Waals surface area contributed by atoms with Crippen molar-refractivity contribution in [3.8, 4) is 11.5 Å². The summed E-state index contributed by atoms with van der Waals surface area (Å²) in [5.41, 5.74) is 1.07. The van der Waals surface area contributed by atoms with Crippen molar-refractivity contribution < 1.29 is 19.3 Å². The predicted octanol–water partition coefficient (Wildman–Crippen LogP) is 5.33. The molecule has 0 aliphatic carbocycles. The summed E-state index contributed by atoms with van der Waals surface area (Å²) < 4.78 is 16.3. The number of aryl methyl sites for hydroxylation is 1. The lowest BCUT2D eigenvalue weighted by Gasteiger charge is -2.35. The molecule has 150 valence electrons. The van der Waals surface area contributed by atoms with Crippen LogP contribution in [0.2, 0.25) is 0 Å². The molecule has 27 heavy (non-hydrogen) atoms. The third-order valence-corrected chi connectivity index (χ3v) is 4.88. The third kappa shape index (κ3) is 6.89. The highest BCUT2D eigenvalue weighted by Crippen LogP contribution is 2.31. The average molecular weight is 375 g/mol. The molecule has 0 fully saturated rings. The van der Waals surface area contributed by atoms with Crippen LogP contribution >= 0.6 is 0 Å². The fourth-order valence-electron chi connectivity index (χ4n) is 2.10. The van der Waals surface area contributed by atoms with E-state index in [1.165, 1.54) is 0 Å². The molecule has 0 aromatic heterocycles. The summed E-state index contributed by atoms with van der Waals surface area (Å²) in [7, 11) is 3.26. The molecule has 0 bridgehead atoms. The number of methoxy groups -OCH3 is 2. The van der Waals surface area contributed by atoms with Crippen molar-refractivity contribution >= 4 is 0 Å². The van der Waals surface area contributed by atoms with E-state index in [4.69, 9.17) is 14.2 Å². The summed E-state index contributed by atoms with van der Waals surface area (Å²) in [5, 5.41) is 9.42. The number of hydrogen-bond acceptors (Lipinski definition) is 4. The number of aliphatic hydroxyl groups is 1. The Balaban J connectivity index is 0.000000345. The molecule has 4 heteroatoms. The van der Waals surface area contributed by atoms with Gasteiger partial charge in [0.05, 0.1) is 18.3 Å². The molecule has 0 aliphatic rings. The van der Waals surface area contributed by atoms with Crippen molar-refractivity contribution in [2.45, 2.75) is 58.8 Å². The lowest BCUT2D eigenvalue weighted by atomic mass is 9.90. The van der Waals surface area contributed by atoms with Gasteiger partial charge in [0.15, 0.2) is 11.5 Å². The van der Waals surface area contributed by atoms with Gasteiger partial charge < -0.3 is 19.3 Å². The highest BCUT2D eigenvalue weighted by atomic mass is 16.5. The molecule has 0 spiro atoms. The van der Waals surface area contributed by atoms with E-state index in [0.717, 1.165) is 22.6 Å². The zero-order valence-corrected chi connectivity index (χ0v) is 17.9. The second kappa shape index (κ2) is 9.77. The fraction of sp³-hybridized carbons (Fsp3) is 0.478. The molecule has 1 unspecified atom stereocenters. The van der Waals surface area contributed by atoms with Crippen molar-refractivity contribution in [1.29, 1.82) is 0 Å². The maximum Gasteiger partial charge on any atom is 0.162 e. The van der Waals surface area contributed by atoms with E-state index >= 15 is 0 Å². The normalized spacial score (nSPS) is 12.6. The third-order valence-electron chi connectivity index (χ3n) is 4.88. The average Bonchev–Trinajstić information content (AvgIpc) is 2.63. The maximum atomic E-state index is 9.42. The van der Waals surface area contributed by atoms with Crippen molar-refractivity contribution in [3.63, 3.8) is 0 Å². The molecule has 2 aromatic carbocycles. The largest absolute Gasteiger partial charge is 0.493 e. The van der Waals surface area contributed by atoms with Crippen molar-refractivity contribution in [2.24, 2.45) is 0 Å². The molecule has 0 radical (unpaired) electrons. The van der Waals surface area contributed by atoms with E-state index in [1.54, 1.807) is 28.1 Å². The first-order valence-corrected chi connectivity index (χ1v) is 9.15. The molecule has 1 atom stereocenters. The van der Waals surface area contributed by atoms with E-state index in [2.05, 4.69) is 12.1 Å². The van der Waals surface area contributed by atoms with Crippen LogP contribution in [0.15, 0.2) is 48.5 Å². The summed E-state index contributed by atoms with van der Waals surface area (Å²) in [6.45, 7) is 11.2. The van der Waals surface area contributed by atoms with Gasteiger partial charge in [0, 0.05) is 7.11 Å². The molecule has 0 saturated carbocycles. The van der Waals surface area contributed by atoms with E-state index in [1.807, 2.05) is 64.1 Å². The summed E-state index contributed by atoms with van der Waals surface area (Å²) in [5.74, 6) is 1.55. The molecule has 0 heterocycles. The lowest BCUT2D eigenvalue weighted by Crippen LogP contribution is -2.46. The number of hydrogen-bond donors (Lipinski definition) is 1. The molecule has 0 amide bonds. The topological polar surface area (TPSA) is 47.9 Å². The fourth-order valence-corrected chi connectivity index (χ4v) is 2.10. The quantitative estimate of drug-likeness (QED) is 0.743. The van der Waals surface area contributed by atoms with Gasteiger partial charge in [0.25, 0.3) is 0 Å². The molecule has 2 rings (SSSR count). The number of benzene rings is 2. The van der Waals surface area contributed by atoms with Gasteiger partial charge >= 0.3 is 0 Å². The Morgan fingerprint density at radius 1 is 0.889 bits per heavy atom. The standard InChI is InChI=1S/C16H18O2.C7H16O2/c1-12-9-10-15(16(11-12)17-3)18-13(2)14-7-5-4-6-8-14;1-6(2,8)7(3,4)9-5/h4-11,13H,1-3H3;8H,1-5H3. The summed E-state index contributed by atoms with van der Waals surface area (Å²) in [6, 6.07) is 16.1. The second-order valence-electron chi connectivity index (χ2n) is 7.60.